The van der Waals surface area contributed by atoms with Crippen LogP contribution in [0, 0.1) is 11.6 Å². The predicted octanol–water partition coefficient (Wildman–Crippen LogP) is 1.14. The molecule has 1 heterocycles. The molecule has 0 saturated carbocycles. The number of amides is 1. The van der Waals surface area contributed by atoms with Gasteiger partial charge in [0.1, 0.15) is 12.4 Å². The molecule has 2 rings (SSSR count). The van der Waals surface area contributed by atoms with Crippen molar-refractivity contribution < 1.29 is 22.8 Å². The van der Waals surface area contributed by atoms with Gasteiger partial charge < -0.3 is 9.26 Å². The first-order valence-corrected chi connectivity index (χ1v) is 5.14. The lowest BCUT2D eigenvalue weighted by molar-refractivity contribution is 0.0944. The van der Waals surface area contributed by atoms with E-state index in [0.29, 0.717) is 0 Å². The summed E-state index contributed by atoms with van der Waals surface area (Å²) in [5, 5.41) is 3.42. The Labute approximate surface area is 106 Å². The summed E-state index contributed by atoms with van der Waals surface area (Å²) in [6, 6.07) is 4.09. The molecule has 0 aliphatic carbocycles. The number of hydrazine groups is 1. The molecule has 8 heteroatoms. The van der Waals surface area contributed by atoms with Gasteiger partial charge in [0.2, 0.25) is 0 Å². The van der Waals surface area contributed by atoms with Crippen LogP contribution in [0.4, 0.5) is 8.78 Å². The van der Waals surface area contributed by atoms with Gasteiger partial charge in [-0.2, -0.15) is 0 Å². The highest BCUT2D eigenvalue weighted by atomic mass is 19.1. The zero-order valence-corrected chi connectivity index (χ0v) is 9.52. The number of hydrogen-bond donors (Lipinski definition) is 2. The summed E-state index contributed by atoms with van der Waals surface area (Å²) in [6.07, 6.45) is 0. The second-order valence-electron chi connectivity index (χ2n) is 3.52. The third-order valence-corrected chi connectivity index (χ3v) is 2.19. The number of nitrogens with zero attached hydrogens (tertiary/aromatic N) is 1. The van der Waals surface area contributed by atoms with Gasteiger partial charge in [-0.1, -0.05) is 5.16 Å². The fourth-order valence-corrected chi connectivity index (χ4v) is 1.30. The highest BCUT2D eigenvalue weighted by Crippen LogP contribution is 2.19. The van der Waals surface area contributed by atoms with Gasteiger partial charge in [0.25, 0.3) is 5.91 Å². The maximum absolute atomic E-state index is 13.2. The average molecular weight is 269 g/mol. The van der Waals surface area contributed by atoms with Crippen LogP contribution in [0.3, 0.4) is 0 Å². The quantitative estimate of drug-likeness (QED) is 0.493. The summed E-state index contributed by atoms with van der Waals surface area (Å²) in [6.45, 7) is -0.203. The topological polar surface area (TPSA) is 90.4 Å². The monoisotopic (exact) mass is 269 g/mol. The molecule has 19 heavy (non-hydrogen) atoms. The van der Waals surface area contributed by atoms with E-state index in [0.717, 1.165) is 18.2 Å². The van der Waals surface area contributed by atoms with Crippen molar-refractivity contribution in [3.63, 3.8) is 0 Å². The van der Waals surface area contributed by atoms with E-state index in [4.69, 9.17) is 15.1 Å². The molecule has 2 aromatic rings. The Balaban J connectivity index is 2.04. The summed E-state index contributed by atoms with van der Waals surface area (Å²) >= 11 is 0. The number of halogens is 2. The van der Waals surface area contributed by atoms with Gasteiger partial charge in [0, 0.05) is 12.1 Å². The van der Waals surface area contributed by atoms with Crippen molar-refractivity contribution in [2.75, 3.05) is 0 Å². The summed E-state index contributed by atoms with van der Waals surface area (Å²) < 4.78 is 35.9. The van der Waals surface area contributed by atoms with Crippen molar-refractivity contribution >= 4 is 5.91 Å². The van der Waals surface area contributed by atoms with Crippen LogP contribution in [0.15, 0.2) is 28.8 Å². The number of nitrogens with one attached hydrogen (secondary N) is 1. The lowest BCUT2D eigenvalue weighted by Crippen LogP contribution is -2.30. The summed E-state index contributed by atoms with van der Waals surface area (Å²) in [5.41, 5.74) is 1.83. The lowest BCUT2D eigenvalue weighted by atomic mass is 10.3. The zero-order valence-electron chi connectivity index (χ0n) is 9.52. The van der Waals surface area contributed by atoms with Gasteiger partial charge in [-0.05, 0) is 12.1 Å². The fourth-order valence-electron chi connectivity index (χ4n) is 1.30. The van der Waals surface area contributed by atoms with Crippen LogP contribution in [0.1, 0.15) is 16.2 Å². The standard InChI is InChI=1S/C11H9F2N3O3/c12-6-1-2-8(13)10(3-6)18-5-7-4-9(16-19-7)11(17)15-14/h1-4H,5,14H2,(H,15,17). The molecule has 3 N–H and O–H groups in total. The van der Waals surface area contributed by atoms with Gasteiger partial charge in [0.05, 0.1) is 0 Å². The van der Waals surface area contributed by atoms with E-state index in [1.807, 2.05) is 5.43 Å². The highest BCUT2D eigenvalue weighted by molar-refractivity contribution is 5.91. The Morgan fingerprint density at radius 3 is 2.95 bits per heavy atom. The number of aromatic nitrogens is 1. The first-order chi connectivity index (χ1) is 9.10. The largest absolute Gasteiger partial charge is 0.482 e. The maximum Gasteiger partial charge on any atom is 0.287 e. The number of benzene rings is 1. The molecule has 100 valence electrons. The van der Waals surface area contributed by atoms with E-state index in [1.165, 1.54) is 6.07 Å². The molecule has 0 atom stereocenters. The Kier molecular flexibility index (Phi) is 3.71. The van der Waals surface area contributed by atoms with E-state index in [2.05, 4.69) is 5.16 Å². The van der Waals surface area contributed by atoms with Gasteiger partial charge in [-0.3, -0.25) is 10.2 Å². The molecule has 0 unspecified atom stereocenters. The highest BCUT2D eigenvalue weighted by Gasteiger charge is 2.12. The van der Waals surface area contributed by atoms with Crippen LogP contribution in [-0.2, 0) is 6.61 Å². The molecule has 0 spiro atoms. The van der Waals surface area contributed by atoms with E-state index in [9.17, 15) is 13.6 Å². The van der Waals surface area contributed by atoms with E-state index < -0.39 is 17.5 Å². The number of carbonyl (C=O) groups is 1. The van der Waals surface area contributed by atoms with E-state index >= 15 is 0 Å². The van der Waals surface area contributed by atoms with Gasteiger partial charge >= 0.3 is 0 Å². The normalized spacial score (nSPS) is 10.3. The van der Waals surface area contributed by atoms with Crippen molar-refractivity contribution in [2.45, 2.75) is 6.61 Å². The number of ether oxygens (including phenoxy) is 1. The molecular weight excluding hydrogens is 260 g/mol. The second-order valence-corrected chi connectivity index (χ2v) is 3.52. The van der Waals surface area contributed by atoms with Crippen molar-refractivity contribution in [1.82, 2.24) is 10.6 Å². The van der Waals surface area contributed by atoms with Crippen LogP contribution in [-0.4, -0.2) is 11.1 Å². The molecule has 0 saturated heterocycles. The third-order valence-electron chi connectivity index (χ3n) is 2.19. The molecule has 0 fully saturated rings. The first-order valence-electron chi connectivity index (χ1n) is 5.14. The SMILES string of the molecule is NNC(=O)c1cc(COc2cc(F)ccc2F)on1. The molecule has 0 aliphatic rings. The Bertz CT molecular complexity index is 601. The predicted molar refractivity (Wildman–Crippen MR) is 58.8 cm³/mol. The van der Waals surface area contributed by atoms with Gasteiger partial charge in [-0.15, -0.1) is 0 Å². The smallest absolute Gasteiger partial charge is 0.287 e. The molecule has 0 aliphatic heterocycles. The van der Waals surface area contributed by atoms with Gasteiger partial charge in [-0.25, -0.2) is 14.6 Å². The van der Waals surface area contributed by atoms with Crippen LogP contribution >= 0.6 is 0 Å². The summed E-state index contributed by atoms with van der Waals surface area (Å²) in [4.78, 5) is 11.1. The second kappa shape index (κ2) is 5.44. The van der Waals surface area contributed by atoms with E-state index in [-0.39, 0.29) is 23.8 Å². The van der Waals surface area contributed by atoms with Crippen molar-refractivity contribution in [1.29, 1.82) is 0 Å². The Hall–Kier alpha value is -2.48. The fraction of sp³-hybridized carbons (Fsp3) is 0.0909. The number of nitrogen functional groups attached to an aromatic ring is 1. The molecular formula is C11H9F2N3O3. The van der Waals surface area contributed by atoms with Crippen LogP contribution in [0.25, 0.3) is 0 Å². The molecule has 1 aromatic heterocycles. The van der Waals surface area contributed by atoms with Gasteiger partial charge in [0.15, 0.2) is 23.0 Å². The number of carbonyl (C=O) groups excluding carboxylic acids is 1. The third kappa shape index (κ3) is 3.05. The zero-order chi connectivity index (χ0) is 13.8. The number of hydrogen-bond acceptors (Lipinski definition) is 5. The lowest BCUT2D eigenvalue weighted by Gasteiger charge is -2.04. The molecule has 1 aromatic carbocycles. The molecule has 6 nitrogen and oxygen atoms in total. The first kappa shape index (κ1) is 13.0. The minimum atomic E-state index is -0.708. The average Bonchev–Trinajstić information content (AvgIpc) is 2.88. The summed E-state index contributed by atoms with van der Waals surface area (Å²) in [7, 11) is 0. The van der Waals surface area contributed by atoms with E-state index in [1.54, 1.807) is 0 Å². The maximum atomic E-state index is 13.2. The Morgan fingerprint density at radius 1 is 1.42 bits per heavy atom. The molecule has 1 amide bonds. The van der Waals surface area contributed by atoms with Crippen molar-refractivity contribution in [3.8, 4) is 5.75 Å². The number of nitrogens with two attached hydrogens (primary N) is 1. The summed E-state index contributed by atoms with van der Waals surface area (Å²) in [5.74, 6) is 2.85. The minimum Gasteiger partial charge on any atom is -0.482 e. The van der Waals surface area contributed by atoms with Crippen LogP contribution in [0.2, 0.25) is 0 Å². The molecule has 0 radical (unpaired) electrons. The number of rotatable bonds is 4. The minimum absolute atomic E-state index is 0.0409. The van der Waals surface area contributed by atoms with Crippen molar-refractivity contribution in [3.05, 3.63) is 47.4 Å². The van der Waals surface area contributed by atoms with Crippen molar-refractivity contribution in [2.24, 2.45) is 5.84 Å². The van der Waals surface area contributed by atoms with Crippen LogP contribution < -0.4 is 16.0 Å². The molecule has 0 bridgehead atoms. The van der Waals surface area contributed by atoms with Crippen LogP contribution in [0.5, 0.6) is 5.75 Å². The Morgan fingerprint density at radius 2 is 2.21 bits per heavy atom.